The second kappa shape index (κ2) is 7.25. The molecule has 1 aromatic heterocycles. The zero-order chi connectivity index (χ0) is 18.2. The molecule has 5 nitrogen and oxygen atoms in total. The number of benzene rings is 1. The number of piperazine rings is 1. The van der Waals surface area contributed by atoms with Gasteiger partial charge < -0.3 is 4.90 Å². The smallest absolute Gasteiger partial charge is 0.264 e. The quantitative estimate of drug-likeness (QED) is 0.765. The fourth-order valence-corrected chi connectivity index (χ4v) is 5.74. The highest BCUT2D eigenvalue weighted by Crippen LogP contribution is 2.31. The summed E-state index contributed by atoms with van der Waals surface area (Å²) < 4.78 is 26.9. The fraction of sp³-hybridized carbons (Fsp3) is 0.312. The summed E-state index contributed by atoms with van der Waals surface area (Å²) in [7, 11) is -3.74. The lowest BCUT2D eigenvalue weighted by molar-refractivity contribution is 0.0702. The van der Waals surface area contributed by atoms with E-state index in [9.17, 15) is 13.2 Å². The Hall–Kier alpha value is -1.12. The zero-order valence-electron chi connectivity index (χ0n) is 13.4. The Balaban J connectivity index is 1.75. The van der Waals surface area contributed by atoms with Crippen molar-refractivity contribution in [1.82, 2.24) is 9.21 Å². The third-order valence-corrected chi connectivity index (χ3v) is 7.99. The Morgan fingerprint density at radius 1 is 1.12 bits per heavy atom. The van der Waals surface area contributed by atoms with Crippen molar-refractivity contribution in [2.24, 2.45) is 0 Å². The molecule has 1 aliphatic heterocycles. The summed E-state index contributed by atoms with van der Waals surface area (Å²) in [6, 6.07) is 6.44. The third-order valence-electron chi connectivity index (χ3n) is 4.12. The van der Waals surface area contributed by atoms with Crippen molar-refractivity contribution in [1.29, 1.82) is 0 Å². The van der Waals surface area contributed by atoms with E-state index in [2.05, 4.69) is 0 Å². The van der Waals surface area contributed by atoms with Crippen molar-refractivity contribution in [3.05, 3.63) is 50.1 Å². The van der Waals surface area contributed by atoms with Crippen LogP contribution in [0.1, 0.15) is 15.2 Å². The molecule has 2 aromatic rings. The van der Waals surface area contributed by atoms with Gasteiger partial charge in [-0.3, -0.25) is 4.79 Å². The van der Waals surface area contributed by atoms with Crippen LogP contribution in [0, 0.1) is 6.92 Å². The van der Waals surface area contributed by atoms with Gasteiger partial charge in [0.2, 0.25) is 10.0 Å². The molecule has 3 rings (SSSR count). The maximum Gasteiger partial charge on any atom is 0.264 e. The summed E-state index contributed by atoms with van der Waals surface area (Å²) in [5, 5.41) is 2.10. The minimum absolute atomic E-state index is 0.00413. The number of thiophene rings is 1. The van der Waals surface area contributed by atoms with Gasteiger partial charge in [-0.2, -0.15) is 4.31 Å². The molecule has 0 aliphatic carbocycles. The first-order chi connectivity index (χ1) is 11.8. The van der Waals surface area contributed by atoms with Crippen molar-refractivity contribution in [2.75, 3.05) is 26.2 Å². The van der Waals surface area contributed by atoms with Gasteiger partial charge in [-0.15, -0.1) is 11.3 Å². The van der Waals surface area contributed by atoms with Gasteiger partial charge >= 0.3 is 0 Å². The number of amides is 1. The summed E-state index contributed by atoms with van der Waals surface area (Å²) in [5.74, 6) is -0.0506. The first-order valence-electron chi connectivity index (χ1n) is 7.60. The number of aryl methyl sites for hydroxylation is 1. The molecule has 0 radical (unpaired) electrons. The molecular formula is C16H16Cl2N2O3S2. The first-order valence-corrected chi connectivity index (χ1v) is 10.7. The maximum absolute atomic E-state index is 12.8. The third kappa shape index (κ3) is 3.57. The first kappa shape index (κ1) is 18.7. The summed E-state index contributed by atoms with van der Waals surface area (Å²) in [6.07, 6.45) is 0. The highest BCUT2D eigenvalue weighted by atomic mass is 35.5. The van der Waals surface area contributed by atoms with Gasteiger partial charge in [0.15, 0.2) is 0 Å². The number of nitrogens with zero attached hydrogens (tertiary/aromatic N) is 2. The average Bonchev–Trinajstić information content (AvgIpc) is 3.02. The lowest BCUT2D eigenvalue weighted by Crippen LogP contribution is -2.50. The molecule has 25 heavy (non-hydrogen) atoms. The molecule has 0 saturated carbocycles. The molecule has 9 heteroatoms. The van der Waals surface area contributed by atoms with E-state index in [1.165, 1.54) is 21.7 Å². The molecule has 134 valence electrons. The molecule has 1 fully saturated rings. The maximum atomic E-state index is 12.8. The number of carbonyl (C=O) groups is 1. The summed E-state index contributed by atoms with van der Waals surface area (Å²) in [4.78, 5) is 14.9. The second-order valence-electron chi connectivity index (χ2n) is 5.68. The van der Waals surface area contributed by atoms with Crippen LogP contribution in [-0.4, -0.2) is 49.7 Å². The molecule has 0 spiro atoms. The number of hydrogen-bond donors (Lipinski definition) is 0. The SMILES string of the molecule is Cc1ccsc1C(=O)N1CCN(S(=O)(=O)c2cccc(Cl)c2Cl)CC1. The summed E-state index contributed by atoms with van der Waals surface area (Å²) >= 11 is 13.4. The average molecular weight is 419 g/mol. The van der Waals surface area contributed by atoms with Crippen LogP contribution in [-0.2, 0) is 10.0 Å². The van der Waals surface area contributed by atoms with Crippen LogP contribution in [0.4, 0.5) is 0 Å². The van der Waals surface area contributed by atoms with Crippen molar-refractivity contribution in [2.45, 2.75) is 11.8 Å². The Morgan fingerprint density at radius 3 is 2.40 bits per heavy atom. The van der Waals surface area contributed by atoms with Crippen LogP contribution in [0.3, 0.4) is 0 Å². The largest absolute Gasteiger partial charge is 0.335 e. The molecule has 0 bridgehead atoms. The van der Waals surface area contributed by atoms with Crippen molar-refractivity contribution < 1.29 is 13.2 Å². The highest BCUT2D eigenvalue weighted by Gasteiger charge is 2.32. The van der Waals surface area contributed by atoms with E-state index in [4.69, 9.17) is 23.2 Å². The number of halogens is 2. The van der Waals surface area contributed by atoms with Gasteiger partial charge in [0.1, 0.15) is 4.90 Å². The monoisotopic (exact) mass is 418 g/mol. The number of carbonyl (C=O) groups excluding carboxylic acids is 1. The fourth-order valence-electron chi connectivity index (χ4n) is 2.69. The van der Waals surface area contributed by atoms with Gasteiger partial charge in [0, 0.05) is 26.2 Å². The van der Waals surface area contributed by atoms with Gasteiger partial charge in [0.05, 0.1) is 14.9 Å². The molecule has 1 aromatic carbocycles. The van der Waals surface area contributed by atoms with Crippen molar-refractivity contribution in [3.8, 4) is 0 Å². The molecule has 0 N–H and O–H groups in total. The van der Waals surface area contributed by atoms with Crippen LogP contribution >= 0.6 is 34.5 Å². The number of rotatable bonds is 3. The predicted molar refractivity (Wildman–Crippen MR) is 100 cm³/mol. The predicted octanol–water partition coefficient (Wildman–Crippen LogP) is 3.51. The topological polar surface area (TPSA) is 57.7 Å². The van der Waals surface area contributed by atoms with E-state index in [0.717, 1.165) is 5.56 Å². The van der Waals surface area contributed by atoms with Gasteiger partial charge in [-0.05, 0) is 36.1 Å². The molecule has 0 unspecified atom stereocenters. The van der Waals surface area contributed by atoms with Crippen LogP contribution < -0.4 is 0 Å². The Morgan fingerprint density at radius 2 is 1.80 bits per heavy atom. The zero-order valence-corrected chi connectivity index (χ0v) is 16.6. The summed E-state index contributed by atoms with van der Waals surface area (Å²) in [6.45, 7) is 3.02. The lowest BCUT2D eigenvalue weighted by Gasteiger charge is -2.34. The van der Waals surface area contributed by atoms with E-state index in [1.54, 1.807) is 17.0 Å². The van der Waals surface area contributed by atoms with E-state index < -0.39 is 10.0 Å². The lowest BCUT2D eigenvalue weighted by atomic mass is 10.2. The minimum Gasteiger partial charge on any atom is -0.335 e. The summed E-state index contributed by atoms with van der Waals surface area (Å²) in [5.41, 5.74) is 0.941. The number of hydrogen-bond acceptors (Lipinski definition) is 4. The van der Waals surface area contributed by atoms with E-state index >= 15 is 0 Å². The normalized spacial score (nSPS) is 16.2. The Kier molecular flexibility index (Phi) is 5.41. The molecular weight excluding hydrogens is 403 g/mol. The number of sulfonamides is 1. The van der Waals surface area contributed by atoms with Gasteiger partial charge in [-0.25, -0.2) is 8.42 Å². The molecule has 1 saturated heterocycles. The van der Waals surface area contributed by atoms with E-state index in [-0.39, 0.29) is 33.9 Å². The molecule has 2 heterocycles. The van der Waals surface area contributed by atoms with Crippen molar-refractivity contribution >= 4 is 50.5 Å². The molecule has 1 aliphatic rings. The van der Waals surface area contributed by atoms with Gasteiger partial charge in [0.25, 0.3) is 5.91 Å². The standard InChI is InChI=1S/C16H16Cl2N2O3S2/c1-11-5-10-24-15(11)16(21)19-6-8-20(9-7-19)25(22,23)13-4-2-3-12(17)14(13)18/h2-5,10H,6-9H2,1H3. The van der Waals surface area contributed by atoms with E-state index in [0.29, 0.717) is 18.0 Å². The Bertz CT molecular complexity index is 904. The van der Waals surface area contributed by atoms with Crippen LogP contribution in [0.5, 0.6) is 0 Å². The molecule has 0 atom stereocenters. The van der Waals surface area contributed by atoms with E-state index in [1.807, 2.05) is 18.4 Å². The van der Waals surface area contributed by atoms with Crippen LogP contribution in [0.2, 0.25) is 10.0 Å². The van der Waals surface area contributed by atoms with Gasteiger partial charge in [-0.1, -0.05) is 29.3 Å². The minimum atomic E-state index is -3.74. The Labute approximate surface area is 160 Å². The van der Waals surface area contributed by atoms with Crippen LogP contribution in [0.25, 0.3) is 0 Å². The second-order valence-corrected chi connectivity index (χ2v) is 9.29. The van der Waals surface area contributed by atoms with Crippen LogP contribution in [0.15, 0.2) is 34.5 Å². The highest BCUT2D eigenvalue weighted by molar-refractivity contribution is 7.89. The van der Waals surface area contributed by atoms with Crippen molar-refractivity contribution in [3.63, 3.8) is 0 Å². The molecule has 1 amide bonds.